The number of aromatic nitrogens is 1. The van der Waals surface area contributed by atoms with E-state index in [9.17, 15) is 9.59 Å². The van der Waals surface area contributed by atoms with Gasteiger partial charge in [0.25, 0.3) is 5.91 Å². The van der Waals surface area contributed by atoms with E-state index in [1.54, 1.807) is 23.6 Å². The van der Waals surface area contributed by atoms with Gasteiger partial charge in [0.2, 0.25) is 12.7 Å². The van der Waals surface area contributed by atoms with Gasteiger partial charge in [0.1, 0.15) is 0 Å². The van der Waals surface area contributed by atoms with E-state index in [4.69, 9.17) is 9.47 Å². The molecule has 1 aromatic carbocycles. The van der Waals surface area contributed by atoms with Crippen molar-refractivity contribution < 1.29 is 19.1 Å². The summed E-state index contributed by atoms with van der Waals surface area (Å²) >= 11 is 1.30. The van der Waals surface area contributed by atoms with E-state index in [1.165, 1.54) is 24.2 Å². The van der Waals surface area contributed by atoms with Gasteiger partial charge in [0.05, 0.1) is 12.1 Å². The monoisotopic (exact) mass is 373 g/mol. The lowest BCUT2D eigenvalue weighted by Crippen LogP contribution is -2.33. The van der Waals surface area contributed by atoms with Gasteiger partial charge in [-0.15, -0.1) is 11.3 Å². The first-order chi connectivity index (χ1) is 12.7. The van der Waals surface area contributed by atoms with Crippen molar-refractivity contribution in [2.45, 2.75) is 38.1 Å². The topological polar surface area (TPSA) is 89.6 Å². The van der Waals surface area contributed by atoms with E-state index in [-0.39, 0.29) is 25.0 Å². The van der Waals surface area contributed by atoms with E-state index < -0.39 is 0 Å². The second-order valence-electron chi connectivity index (χ2n) is 6.39. The zero-order valence-corrected chi connectivity index (χ0v) is 14.9. The van der Waals surface area contributed by atoms with Gasteiger partial charge in [-0.05, 0) is 31.0 Å². The summed E-state index contributed by atoms with van der Waals surface area (Å²) < 4.78 is 10.5. The molecule has 4 rings (SSSR count). The molecule has 2 N–H and O–H groups in total. The van der Waals surface area contributed by atoms with Crippen LogP contribution in [0.4, 0.5) is 5.13 Å². The van der Waals surface area contributed by atoms with Crippen LogP contribution in [0.5, 0.6) is 11.5 Å². The van der Waals surface area contributed by atoms with Gasteiger partial charge in [0, 0.05) is 17.0 Å². The van der Waals surface area contributed by atoms with E-state index in [0.717, 1.165) is 12.8 Å². The molecule has 26 heavy (non-hydrogen) atoms. The number of nitrogens with one attached hydrogen (secondary N) is 2. The van der Waals surface area contributed by atoms with E-state index >= 15 is 0 Å². The fourth-order valence-electron chi connectivity index (χ4n) is 3.17. The molecule has 8 heteroatoms. The molecule has 1 aliphatic heterocycles. The number of amides is 2. The van der Waals surface area contributed by atoms with Crippen molar-refractivity contribution in [3.63, 3.8) is 0 Å². The maximum Gasteiger partial charge on any atom is 0.257 e. The van der Waals surface area contributed by atoms with E-state index in [2.05, 4.69) is 15.6 Å². The lowest BCUT2D eigenvalue weighted by atomic mass is 10.2. The predicted octanol–water partition coefficient (Wildman–Crippen LogP) is 2.73. The fourth-order valence-corrected chi connectivity index (χ4v) is 3.87. The highest BCUT2D eigenvalue weighted by Gasteiger charge is 2.19. The number of anilines is 1. The Hall–Kier alpha value is -2.61. The highest BCUT2D eigenvalue weighted by molar-refractivity contribution is 7.14. The Morgan fingerprint density at radius 3 is 2.85 bits per heavy atom. The van der Waals surface area contributed by atoms with Crippen LogP contribution in [0.15, 0.2) is 23.6 Å². The van der Waals surface area contributed by atoms with Crippen molar-refractivity contribution in [3.8, 4) is 11.5 Å². The van der Waals surface area contributed by atoms with Gasteiger partial charge in [-0.1, -0.05) is 12.8 Å². The quantitative estimate of drug-likeness (QED) is 0.841. The summed E-state index contributed by atoms with van der Waals surface area (Å²) in [4.78, 5) is 28.8. The molecule has 0 spiro atoms. The van der Waals surface area contributed by atoms with Gasteiger partial charge in [-0.2, -0.15) is 0 Å². The Morgan fingerprint density at radius 1 is 1.19 bits per heavy atom. The molecule has 1 saturated carbocycles. The molecular formula is C18H19N3O4S. The van der Waals surface area contributed by atoms with Crippen LogP contribution in [0.2, 0.25) is 0 Å². The minimum absolute atomic E-state index is 0.0177. The van der Waals surface area contributed by atoms with Crippen molar-refractivity contribution in [1.82, 2.24) is 10.3 Å². The smallest absolute Gasteiger partial charge is 0.257 e. The number of ether oxygens (including phenoxy) is 2. The van der Waals surface area contributed by atoms with Crippen molar-refractivity contribution >= 4 is 28.3 Å². The number of nitrogens with zero attached hydrogens (tertiary/aromatic N) is 1. The van der Waals surface area contributed by atoms with E-state index in [1.807, 2.05) is 0 Å². The van der Waals surface area contributed by atoms with Crippen LogP contribution in [-0.4, -0.2) is 29.6 Å². The van der Waals surface area contributed by atoms with Gasteiger partial charge in [-0.3, -0.25) is 14.9 Å². The molecule has 0 saturated heterocycles. The number of hydrogen-bond donors (Lipinski definition) is 2. The highest BCUT2D eigenvalue weighted by Crippen LogP contribution is 2.32. The molecule has 2 aromatic rings. The van der Waals surface area contributed by atoms with Crippen molar-refractivity contribution in [1.29, 1.82) is 0 Å². The summed E-state index contributed by atoms with van der Waals surface area (Å²) in [5.74, 6) is 0.892. The van der Waals surface area contributed by atoms with Crippen LogP contribution in [0.25, 0.3) is 0 Å². The molecule has 1 fully saturated rings. The SMILES string of the molecule is O=C(Cc1csc(NC(=O)c2ccc3c(c2)OCO3)n1)NC1CCCC1. The second kappa shape index (κ2) is 7.33. The molecule has 2 amide bonds. The van der Waals surface area contributed by atoms with Gasteiger partial charge in [-0.25, -0.2) is 4.98 Å². The average molecular weight is 373 g/mol. The van der Waals surface area contributed by atoms with Crippen molar-refractivity contribution in [3.05, 3.63) is 34.8 Å². The molecule has 0 atom stereocenters. The standard InChI is InChI=1S/C18H19N3O4S/c22-16(19-12-3-1-2-4-12)8-13-9-26-18(20-13)21-17(23)11-5-6-14-15(7-11)25-10-24-14/h5-7,9,12H,1-4,8,10H2,(H,19,22)(H,20,21,23). The minimum Gasteiger partial charge on any atom is -0.454 e. The molecule has 0 bridgehead atoms. The number of hydrogen-bond acceptors (Lipinski definition) is 6. The number of rotatable bonds is 5. The van der Waals surface area contributed by atoms with Crippen LogP contribution in [-0.2, 0) is 11.2 Å². The molecule has 7 nitrogen and oxygen atoms in total. The van der Waals surface area contributed by atoms with Gasteiger partial charge >= 0.3 is 0 Å². The number of carbonyl (C=O) groups is 2. The van der Waals surface area contributed by atoms with Crippen LogP contribution in [0.3, 0.4) is 0 Å². The summed E-state index contributed by atoms with van der Waals surface area (Å²) in [5, 5.41) is 8.06. The number of benzene rings is 1. The van der Waals surface area contributed by atoms with Gasteiger partial charge in [0.15, 0.2) is 16.6 Å². The Balaban J connectivity index is 1.34. The highest BCUT2D eigenvalue weighted by atomic mass is 32.1. The third kappa shape index (κ3) is 3.80. The van der Waals surface area contributed by atoms with Crippen molar-refractivity contribution in [2.24, 2.45) is 0 Å². The molecule has 136 valence electrons. The Morgan fingerprint density at radius 2 is 2.00 bits per heavy atom. The summed E-state index contributed by atoms with van der Waals surface area (Å²) in [6, 6.07) is 5.32. The minimum atomic E-state index is -0.278. The molecule has 1 aliphatic carbocycles. The lowest BCUT2D eigenvalue weighted by molar-refractivity contribution is -0.121. The zero-order chi connectivity index (χ0) is 17.9. The molecule has 2 aliphatic rings. The number of fused-ring (bicyclic) bond motifs is 1. The fraction of sp³-hybridized carbons (Fsp3) is 0.389. The largest absolute Gasteiger partial charge is 0.454 e. The molecule has 0 unspecified atom stereocenters. The van der Waals surface area contributed by atoms with Crippen LogP contribution < -0.4 is 20.1 Å². The summed E-state index contributed by atoms with van der Waals surface area (Å²) in [6.45, 7) is 0.166. The van der Waals surface area contributed by atoms with Gasteiger partial charge < -0.3 is 14.8 Å². The Labute approximate surface area is 154 Å². The second-order valence-corrected chi connectivity index (χ2v) is 7.25. The third-order valence-corrected chi connectivity index (χ3v) is 5.28. The Bertz CT molecular complexity index is 830. The maximum absolute atomic E-state index is 12.4. The summed E-state index contributed by atoms with van der Waals surface area (Å²) in [6.07, 6.45) is 4.70. The predicted molar refractivity (Wildman–Crippen MR) is 96.7 cm³/mol. The van der Waals surface area contributed by atoms with Crippen LogP contribution >= 0.6 is 11.3 Å². The number of carbonyl (C=O) groups excluding carboxylic acids is 2. The normalized spacial score (nSPS) is 15.8. The number of thiazole rings is 1. The zero-order valence-electron chi connectivity index (χ0n) is 14.1. The lowest BCUT2D eigenvalue weighted by Gasteiger charge is -2.10. The average Bonchev–Trinajstić information content (AvgIpc) is 3.36. The first kappa shape index (κ1) is 16.8. The Kier molecular flexibility index (Phi) is 4.75. The van der Waals surface area contributed by atoms with Crippen LogP contribution in [0.1, 0.15) is 41.7 Å². The van der Waals surface area contributed by atoms with Crippen LogP contribution in [0, 0.1) is 0 Å². The first-order valence-corrected chi connectivity index (χ1v) is 9.50. The molecule has 0 radical (unpaired) electrons. The summed E-state index contributed by atoms with van der Waals surface area (Å²) in [5.41, 5.74) is 1.12. The molecular weight excluding hydrogens is 354 g/mol. The summed E-state index contributed by atoms with van der Waals surface area (Å²) in [7, 11) is 0. The maximum atomic E-state index is 12.4. The van der Waals surface area contributed by atoms with Crippen molar-refractivity contribution in [2.75, 3.05) is 12.1 Å². The molecule has 2 heterocycles. The third-order valence-electron chi connectivity index (χ3n) is 4.47. The van der Waals surface area contributed by atoms with E-state index in [0.29, 0.717) is 33.9 Å². The molecule has 1 aromatic heterocycles. The first-order valence-electron chi connectivity index (χ1n) is 8.62.